The number of amides is 1. The third kappa shape index (κ3) is 6.49. The van der Waals surface area contributed by atoms with Crippen molar-refractivity contribution in [2.45, 2.75) is 5.75 Å². The summed E-state index contributed by atoms with van der Waals surface area (Å²) >= 11 is 0. The van der Waals surface area contributed by atoms with Crippen LogP contribution in [-0.2, 0) is 20.6 Å². The summed E-state index contributed by atoms with van der Waals surface area (Å²) in [6.07, 6.45) is 1.45. The van der Waals surface area contributed by atoms with E-state index in [1.165, 1.54) is 24.3 Å². The van der Waals surface area contributed by atoms with Gasteiger partial charge in [0.25, 0.3) is 5.69 Å². The van der Waals surface area contributed by atoms with E-state index >= 15 is 0 Å². The highest BCUT2D eigenvalue weighted by atomic mass is 32.2. The molecule has 9 nitrogen and oxygen atoms in total. The molecule has 2 rings (SSSR count). The Balaban J connectivity index is 1.91. The van der Waals surface area contributed by atoms with E-state index in [-0.39, 0.29) is 30.2 Å². The zero-order chi connectivity index (χ0) is 20.6. The largest absolute Gasteiger partial charge is 0.371 e. The molecular weight excluding hydrogens is 384 g/mol. The zero-order valence-corrected chi connectivity index (χ0v) is 15.7. The SMILES string of the molecule is C=CCNS(=O)(=O)Cc1ccc(NC(=O)CNc2ccccc2[N+](=O)[O-])cc1. The van der Waals surface area contributed by atoms with Gasteiger partial charge in [-0.25, -0.2) is 13.1 Å². The van der Waals surface area contributed by atoms with Crippen molar-refractivity contribution in [1.82, 2.24) is 4.72 Å². The van der Waals surface area contributed by atoms with Crippen LogP contribution < -0.4 is 15.4 Å². The van der Waals surface area contributed by atoms with E-state index in [0.717, 1.165) is 0 Å². The number of nitrogens with zero attached hydrogens (tertiary/aromatic N) is 1. The molecule has 1 amide bonds. The van der Waals surface area contributed by atoms with Gasteiger partial charge in [0.2, 0.25) is 15.9 Å². The molecule has 0 radical (unpaired) electrons. The number of nitro benzene ring substituents is 1. The smallest absolute Gasteiger partial charge is 0.292 e. The van der Waals surface area contributed by atoms with Gasteiger partial charge in [0, 0.05) is 18.3 Å². The fourth-order valence-electron chi connectivity index (χ4n) is 2.30. The predicted molar refractivity (Wildman–Crippen MR) is 107 cm³/mol. The lowest BCUT2D eigenvalue weighted by atomic mass is 10.2. The van der Waals surface area contributed by atoms with Crippen LogP contribution >= 0.6 is 0 Å². The highest BCUT2D eigenvalue weighted by Gasteiger charge is 2.13. The Morgan fingerprint density at radius 2 is 1.82 bits per heavy atom. The average Bonchev–Trinajstić information content (AvgIpc) is 2.66. The molecule has 0 atom stereocenters. The third-order valence-corrected chi connectivity index (χ3v) is 4.90. The zero-order valence-electron chi connectivity index (χ0n) is 14.9. The standard InChI is InChI=1S/C18H20N4O5S/c1-2-11-20-28(26,27)13-14-7-9-15(10-8-14)21-18(23)12-19-16-5-3-4-6-17(16)22(24)25/h2-10,19-20H,1,11-13H2,(H,21,23). The lowest BCUT2D eigenvalue weighted by Crippen LogP contribution is -2.25. The van der Waals surface area contributed by atoms with Crippen LogP contribution in [0.4, 0.5) is 17.1 Å². The van der Waals surface area contributed by atoms with E-state index in [1.54, 1.807) is 30.3 Å². The predicted octanol–water partition coefficient (Wildman–Crippen LogP) is 2.25. The second-order valence-corrected chi connectivity index (χ2v) is 7.58. The molecule has 0 spiro atoms. The van der Waals surface area contributed by atoms with E-state index in [0.29, 0.717) is 11.3 Å². The number of hydrogen-bond donors (Lipinski definition) is 3. The van der Waals surface area contributed by atoms with Crippen molar-refractivity contribution in [2.75, 3.05) is 23.7 Å². The van der Waals surface area contributed by atoms with Crippen LogP contribution in [-0.4, -0.2) is 32.3 Å². The number of hydrogen-bond acceptors (Lipinski definition) is 6. The molecule has 0 heterocycles. The molecular formula is C18H20N4O5S. The quantitative estimate of drug-likeness (QED) is 0.316. The number of carbonyl (C=O) groups is 1. The minimum Gasteiger partial charge on any atom is -0.371 e. The second kappa shape index (κ2) is 9.62. The first kappa shape index (κ1) is 21.1. The number of para-hydroxylation sites is 2. The highest BCUT2D eigenvalue weighted by molar-refractivity contribution is 7.88. The molecule has 2 aromatic carbocycles. The summed E-state index contributed by atoms with van der Waals surface area (Å²) in [5, 5.41) is 16.3. The van der Waals surface area contributed by atoms with Crippen molar-refractivity contribution in [1.29, 1.82) is 0 Å². The number of anilines is 2. The Morgan fingerprint density at radius 3 is 2.46 bits per heavy atom. The molecule has 0 bridgehead atoms. The van der Waals surface area contributed by atoms with E-state index in [4.69, 9.17) is 0 Å². The minimum absolute atomic E-state index is 0.120. The van der Waals surface area contributed by atoms with Crippen molar-refractivity contribution in [2.24, 2.45) is 0 Å². The van der Waals surface area contributed by atoms with E-state index in [2.05, 4.69) is 21.9 Å². The molecule has 0 aliphatic rings. The first-order valence-electron chi connectivity index (χ1n) is 8.25. The second-order valence-electron chi connectivity index (χ2n) is 5.77. The van der Waals surface area contributed by atoms with Crippen molar-refractivity contribution in [3.05, 3.63) is 76.9 Å². The Hall–Kier alpha value is -3.24. The number of nitrogens with one attached hydrogen (secondary N) is 3. The summed E-state index contributed by atoms with van der Waals surface area (Å²) in [6, 6.07) is 12.4. The van der Waals surface area contributed by atoms with Crippen LogP contribution in [0, 0.1) is 10.1 Å². The van der Waals surface area contributed by atoms with Gasteiger partial charge in [-0.3, -0.25) is 14.9 Å². The van der Waals surface area contributed by atoms with Gasteiger partial charge in [0.15, 0.2) is 0 Å². The molecule has 0 aliphatic carbocycles. The van der Waals surface area contributed by atoms with Crippen LogP contribution in [0.2, 0.25) is 0 Å². The molecule has 0 saturated carbocycles. The molecule has 0 aromatic heterocycles. The van der Waals surface area contributed by atoms with Gasteiger partial charge in [0.1, 0.15) is 5.69 Å². The monoisotopic (exact) mass is 404 g/mol. The van der Waals surface area contributed by atoms with Gasteiger partial charge in [-0.1, -0.05) is 30.3 Å². The minimum atomic E-state index is -3.46. The molecule has 0 saturated heterocycles. The van der Waals surface area contributed by atoms with E-state index in [1.807, 2.05) is 0 Å². The molecule has 28 heavy (non-hydrogen) atoms. The normalized spacial score (nSPS) is 10.9. The van der Waals surface area contributed by atoms with Crippen LogP contribution in [0.25, 0.3) is 0 Å². The number of sulfonamides is 1. The van der Waals surface area contributed by atoms with Crippen molar-refractivity contribution in [3.8, 4) is 0 Å². The molecule has 0 fully saturated rings. The van der Waals surface area contributed by atoms with E-state index < -0.39 is 20.9 Å². The maximum Gasteiger partial charge on any atom is 0.292 e. The lowest BCUT2D eigenvalue weighted by Gasteiger charge is -2.09. The Morgan fingerprint density at radius 1 is 1.14 bits per heavy atom. The molecule has 0 aliphatic heterocycles. The van der Waals surface area contributed by atoms with Gasteiger partial charge in [-0.05, 0) is 23.8 Å². The molecule has 10 heteroatoms. The third-order valence-electron chi connectivity index (χ3n) is 3.58. The summed E-state index contributed by atoms with van der Waals surface area (Å²) in [5.74, 6) is -0.583. The van der Waals surface area contributed by atoms with Crippen molar-refractivity contribution in [3.63, 3.8) is 0 Å². The van der Waals surface area contributed by atoms with Crippen molar-refractivity contribution >= 4 is 33.0 Å². The fourth-order valence-corrected chi connectivity index (χ4v) is 3.41. The van der Waals surface area contributed by atoms with E-state index in [9.17, 15) is 23.3 Å². The maximum absolute atomic E-state index is 12.0. The molecule has 148 valence electrons. The molecule has 0 unspecified atom stereocenters. The van der Waals surface area contributed by atoms with Gasteiger partial charge in [0.05, 0.1) is 17.2 Å². The summed E-state index contributed by atoms with van der Waals surface area (Å²) in [7, 11) is -3.46. The van der Waals surface area contributed by atoms with Crippen LogP contribution in [0.3, 0.4) is 0 Å². The summed E-state index contributed by atoms with van der Waals surface area (Å²) in [5.41, 5.74) is 1.17. The van der Waals surface area contributed by atoms with Gasteiger partial charge >= 0.3 is 0 Å². The molecule has 2 aromatic rings. The fraction of sp³-hybridized carbons (Fsp3) is 0.167. The summed E-state index contributed by atoms with van der Waals surface area (Å²) in [6.45, 7) is 3.45. The first-order valence-corrected chi connectivity index (χ1v) is 9.90. The van der Waals surface area contributed by atoms with Gasteiger partial charge in [-0.2, -0.15) is 0 Å². The maximum atomic E-state index is 12.0. The highest BCUT2D eigenvalue weighted by Crippen LogP contribution is 2.22. The Labute approximate surface area is 162 Å². The average molecular weight is 404 g/mol. The summed E-state index contributed by atoms with van der Waals surface area (Å²) < 4.78 is 26.0. The Kier molecular flexibility index (Phi) is 7.24. The van der Waals surface area contributed by atoms with Crippen LogP contribution in [0.1, 0.15) is 5.56 Å². The number of nitro groups is 1. The lowest BCUT2D eigenvalue weighted by molar-refractivity contribution is -0.383. The number of carbonyl (C=O) groups excluding carboxylic acids is 1. The van der Waals surface area contributed by atoms with Gasteiger partial charge < -0.3 is 10.6 Å². The molecule has 3 N–H and O–H groups in total. The number of rotatable bonds is 10. The van der Waals surface area contributed by atoms with Crippen molar-refractivity contribution < 1.29 is 18.1 Å². The van der Waals surface area contributed by atoms with Crippen LogP contribution in [0.15, 0.2) is 61.2 Å². The topological polar surface area (TPSA) is 130 Å². The van der Waals surface area contributed by atoms with Crippen LogP contribution in [0.5, 0.6) is 0 Å². The summed E-state index contributed by atoms with van der Waals surface area (Å²) in [4.78, 5) is 22.5. The van der Waals surface area contributed by atoms with Gasteiger partial charge in [-0.15, -0.1) is 6.58 Å². The first-order chi connectivity index (χ1) is 13.3. The Bertz CT molecular complexity index is 958. The number of benzene rings is 2.